The maximum absolute atomic E-state index is 15.6. The van der Waals surface area contributed by atoms with Crippen molar-refractivity contribution in [2.24, 2.45) is 5.73 Å². The van der Waals surface area contributed by atoms with E-state index in [1.54, 1.807) is 0 Å². The number of amides is 1. The Bertz CT molecular complexity index is 948. The van der Waals surface area contributed by atoms with Gasteiger partial charge in [0.25, 0.3) is 5.91 Å². The third kappa shape index (κ3) is 6.15. The molecule has 1 aliphatic rings. The molecule has 0 bridgehead atoms. The zero-order valence-corrected chi connectivity index (χ0v) is 19.5. The highest BCUT2D eigenvalue weighted by atomic mass is 32.3. The van der Waals surface area contributed by atoms with Crippen LogP contribution in [0.25, 0.3) is 0 Å². The molecule has 2 aromatic rings. The van der Waals surface area contributed by atoms with Crippen molar-refractivity contribution in [3.05, 3.63) is 59.4 Å². The average Bonchev–Trinajstić information content (AvgIpc) is 2.80. The van der Waals surface area contributed by atoms with Gasteiger partial charge in [-0.1, -0.05) is 30.3 Å². The fourth-order valence-corrected chi connectivity index (χ4v) is 5.59. The van der Waals surface area contributed by atoms with Crippen LogP contribution in [0, 0.1) is 5.82 Å². The predicted octanol–water partition coefficient (Wildman–Crippen LogP) is 3.18. The van der Waals surface area contributed by atoms with Crippen LogP contribution in [0.15, 0.2) is 42.5 Å². The van der Waals surface area contributed by atoms with E-state index in [4.69, 9.17) is 5.73 Å². The molecule has 7 N–H and O–H groups in total. The molecule has 1 heterocycles. The second-order valence-electron chi connectivity index (χ2n) is 8.11. The Kier molecular flexibility index (Phi) is 8.55. The first-order valence-corrected chi connectivity index (χ1v) is 12.8. The van der Waals surface area contributed by atoms with E-state index in [1.807, 2.05) is 37.3 Å². The maximum Gasteiger partial charge on any atom is 0.254 e. The van der Waals surface area contributed by atoms with Gasteiger partial charge in [0.15, 0.2) is 5.82 Å². The summed E-state index contributed by atoms with van der Waals surface area (Å²) in [5.41, 5.74) is 6.74. The van der Waals surface area contributed by atoms with Crippen molar-refractivity contribution < 1.29 is 23.4 Å². The molecule has 10 heteroatoms. The number of anilines is 2. The molecule has 0 saturated carbocycles. The molecule has 3 rings (SSSR count). The van der Waals surface area contributed by atoms with Crippen LogP contribution in [0.1, 0.15) is 35.7 Å². The number of hydrogen-bond acceptors (Lipinski definition) is 7. The summed E-state index contributed by atoms with van der Waals surface area (Å²) in [6, 6.07) is 11.5. The van der Waals surface area contributed by atoms with Crippen molar-refractivity contribution in [1.82, 2.24) is 5.32 Å². The first kappa shape index (κ1) is 25.3. The highest BCUT2D eigenvalue weighted by Crippen LogP contribution is 2.50. The van der Waals surface area contributed by atoms with Crippen LogP contribution in [-0.4, -0.2) is 57.7 Å². The van der Waals surface area contributed by atoms with E-state index in [1.165, 1.54) is 16.4 Å². The summed E-state index contributed by atoms with van der Waals surface area (Å²) in [5.74, 6) is -1.39. The quantitative estimate of drug-likeness (QED) is 0.325. The first-order chi connectivity index (χ1) is 15.8. The van der Waals surface area contributed by atoms with Gasteiger partial charge in [0.1, 0.15) is 0 Å². The number of aliphatic hydroxyl groups is 1. The topological polar surface area (TPSA) is 131 Å². The van der Waals surface area contributed by atoms with Gasteiger partial charge in [0.05, 0.1) is 29.1 Å². The molecular weight excluding hydrogens is 447 g/mol. The molecule has 2 atom stereocenters. The molecule has 0 aromatic heterocycles. The number of aliphatic hydroxyl groups excluding tert-OH is 1. The van der Waals surface area contributed by atoms with Gasteiger partial charge >= 0.3 is 0 Å². The second-order valence-corrected chi connectivity index (χ2v) is 10.2. The zero-order valence-electron chi connectivity index (χ0n) is 18.7. The first-order valence-electron chi connectivity index (χ1n) is 11.1. The highest BCUT2D eigenvalue weighted by Gasteiger charge is 2.32. The number of rotatable bonds is 9. The fourth-order valence-electron chi connectivity index (χ4n) is 3.91. The van der Waals surface area contributed by atoms with E-state index < -0.39 is 34.6 Å². The van der Waals surface area contributed by atoms with E-state index in [9.17, 15) is 19.0 Å². The molecule has 0 aliphatic carbocycles. The summed E-state index contributed by atoms with van der Waals surface area (Å²) in [5, 5.41) is 16.2. The zero-order chi connectivity index (χ0) is 24.0. The molecule has 1 saturated heterocycles. The van der Waals surface area contributed by atoms with Gasteiger partial charge in [0, 0.05) is 25.3 Å². The lowest BCUT2D eigenvalue weighted by molar-refractivity contribution is 0.0842. The van der Waals surface area contributed by atoms with E-state index in [0.717, 1.165) is 5.56 Å². The number of hydrogen-bond donors (Lipinski definition) is 6. The molecule has 1 aliphatic heterocycles. The molecule has 0 radical (unpaired) electrons. The Labute approximate surface area is 195 Å². The molecule has 1 fully saturated rings. The Morgan fingerprint density at radius 2 is 1.97 bits per heavy atom. The molecular formula is C23H33FN4O4S. The van der Waals surface area contributed by atoms with Crippen LogP contribution in [0.5, 0.6) is 0 Å². The molecule has 8 nitrogen and oxygen atoms in total. The minimum absolute atomic E-state index is 0.0303. The third-order valence-corrected chi connectivity index (χ3v) is 7.57. The van der Waals surface area contributed by atoms with Gasteiger partial charge in [-0.05, 0) is 43.9 Å². The van der Waals surface area contributed by atoms with E-state index in [0.29, 0.717) is 31.5 Å². The minimum Gasteiger partial charge on any atom is -0.390 e. The number of carbonyl (C=O) groups excluding carboxylic acids is 1. The lowest BCUT2D eigenvalue weighted by Gasteiger charge is -2.47. The van der Waals surface area contributed by atoms with Crippen LogP contribution in [0.2, 0.25) is 0 Å². The molecule has 33 heavy (non-hydrogen) atoms. The monoisotopic (exact) mass is 480 g/mol. The summed E-state index contributed by atoms with van der Waals surface area (Å²) in [6.45, 7) is 2.60. The molecule has 0 spiro atoms. The van der Waals surface area contributed by atoms with Crippen molar-refractivity contribution in [3.63, 3.8) is 0 Å². The standard InChI is InChI=1S/C23H33FN4O4S/c1-2-26-17-13-18(22(24)20(14-17)28-10-6-7-11-33(28,31)32)23(30)27-19(21(29)15-25)12-16-8-4-3-5-9-16/h3-5,8-9,13-14,19,21,26,29,31-32H,2,6-7,10-12,15,25H2,1H3,(H,27,30)/t19-,21-/m0/s1. The van der Waals surface area contributed by atoms with Crippen molar-refractivity contribution in [3.8, 4) is 0 Å². The number of nitrogens with zero attached hydrogens (tertiary/aromatic N) is 1. The van der Waals surface area contributed by atoms with Crippen molar-refractivity contribution in [2.45, 2.75) is 38.3 Å². The molecule has 182 valence electrons. The average molecular weight is 481 g/mol. The van der Waals surface area contributed by atoms with E-state index >= 15 is 4.39 Å². The van der Waals surface area contributed by atoms with Crippen molar-refractivity contribution in [1.29, 1.82) is 0 Å². The van der Waals surface area contributed by atoms with Gasteiger partial charge in [-0.15, -0.1) is 10.8 Å². The summed E-state index contributed by atoms with van der Waals surface area (Å²) >= 11 is 0. The number of halogens is 1. The van der Waals surface area contributed by atoms with E-state index in [2.05, 4.69) is 10.6 Å². The predicted molar refractivity (Wildman–Crippen MR) is 131 cm³/mol. The SMILES string of the molecule is CCNc1cc(C(=O)N[C@@H](Cc2ccccc2)[C@@H](O)CN)c(F)c(N2CCCCS2(O)O)c1. The highest BCUT2D eigenvalue weighted by molar-refractivity contribution is 8.25. The molecule has 2 aromatic carbocycles. The Balaban J connectivity index is 1.94. The van der Waals surface area contributed by atoms with Gasteiger partial charge < -0.3 is 21.5 Å². The van der Waals surface area contributed by atoms with Crippen LogP contribution >= 0.6 is 10.8 Å². The number of carbonyl (C=O) groups is 1. The Morgan fingerprint density at radius 1 is 1.24 bits per heavy atom. The van der Waals surface area contributed by atoms with Gasteiger partial charge in [0.2, 0.25) is 0 Å². The third-order valence-electron chi connectivity index (χ3n) is 5.65. The van der Waals surface area contributed by atoms with Crippen molar-refractivity contribution >= 4 is 28.1 Å². The van der Waals surface area contributed by atoms with Gasteiger partial charge in [-0.25, -0.2) is 4.39 Å². The van der Waals surface area contributed by atoms with Gasteiger partial charge in [-0.2, -0.15) is 0 Å². The second kappa shape index (κ2) is 11.2. The largest absolute Gasteiger partial charge is 0.390 e. The fraction of sp³-hybridized carbons (Fsp3) is 0.435. The summed E-state index contributed by atoms with van der Waals surface area (Å²) in [4.78, 5) is 13.2. The number of benzene rings is 2. The lowest BCUT2D eigenvalue weighted by atomic mass is 10.0. The van der Waals surface area contributed by atoms with Crippen molar-refractivity contribution in [2.75, 3.05) is 35.0 Å². The lowest BCUT2D eigenvalue weighted by Crippen LogP contribution is -2.48. The Hall–Kier alpha value is -2.37. The van der Waals surface area contributed by atoms with Crippen LogP contribution in [0.3, 0.4) is 0 Å². The summed E-state index contributed by atoms with van der Waals surface area (Å²) in [6.07, 6.45) is 0.616. The smallest absolute Gasteiger partial charge is 0.254 e. The normalized spacial score (nSPS) is 18.3. The molecule has 1 amide bonds. The van der Waals surface area contributed by atoms with E-state index in [-0.39, 0.29) is 30.1 Å². The minimum atomic E-state index is -3.18. The van der Waals surface area contributed by atoms with Gasteiger partial charge in [-0.3, -0.25) is 18.2 Å². The van der Waals surface area contributed by atoms with Crippen LogP contribution in [-0.2, 0) is 6.42 Å². The summed E-state index contributed by atoms with van der Waals surface area (Å²) < 4.78 is 37.9. The summed E-state index contributed by atoms with van der Waals surface area (Å²) in [7, 11) is -3.18. The number of nitrogens with two attached hydrogens (primary N) is 1. The van der Waals surface area contributed by atoms with Crippen LogP contribution < -0.4 is 20.7 Å². The molecule has 0 unspecified atom stereocenters. The number of nitrogens with one attached hydrogen (secondary N) is 2. The Morgan fingerprint density at radius 3 is 2.61 bits per heavy atom. The maximum atomic E-state index is 15.6. The van der Waals surface area contributed by atoms with Crippen LogP contribution in [0.4, 0.5) is 15.8 Å².